The molecule has 4 heteroatoms. The summed E-state index contributed by atoms with van der Waals surface area (Å²) in [6, 6.07) is 12.5. The largest absolute Gasteiger partial charge is 0.347 e. The number of hydrogen-bond donors (Lipinski definition) is 0. The fourth-order valence-electron chi connectivity index (χ4n) is 3.21. The molecule has 3 rings (SSSR count). The lowest BCUT2D eigenvalue weighted by atomic mass is 9.97. The summed E-state index contributed by atoms with van der Waals surface area (Å²) >= 11 is 9.60. The van der Waals surface area contributed by atoms with Crippen molar-refractivity contribution >= 4 is 33.4 Å². The van der Waals surface area contributed by atoms with Gasteiger partial charge in [-0.1, -0.05) is 57.4 Å². The number of hydrogen-bond acceptors (Lipinski definition) is 2. The fraction of sp³-hybridized carbons (Fsp3) is 0.250. The summed E-state index contributed by atoms with van der Waals surface area (Å²) in [6.07, 6.45) is 1.91. The molecule has 0 N–H and O–H groups in total. The Balaban J connectivity index is 1.99. The quantitative estimate of drug-likeness (QED) is 0.636. The molecule has 2 aromatic carbocycles. The second-order valence-corrected chi connectivity index (χ2v) is 7.74. The summed E-state index contributed by atoms with van der Waals surface area (Å²) in [7, 11) is 0. The van der Waals surface area contributed by atoms with E-state index in [0.29, 0.717) is 0 Å². The molecule has 0 aromatic heterocycles. The van der Waals surface area contributed by atoms with E-state index >= 15 is 0 Å². The van der Waals surface area contributed by atoms with E-state index in [-0.39, 0.29) is 0 Å². The van der Waals surface area contributed by atoms with Crippen LogP contribution in [-0.4, -0.2) is 17.3 Å². The van der Waals surface area contributed by atoms with Gasteiger partial charge < -0.3 is 4.90 Å². The fourth-order valence-corrected chi connectivity index (χ4v) is 3.74. The molecule has 0 saturated heterocycles. The molecule has 0 fully saturated rings. The zero-order valence-corrected chi connectivity index (χ0v) is 16.4. The molecule has 0 spiro atoms. The second-order valence-electron chi connectivity index (χ2n) is 6.28. The molecule has 0 radical (unpaired) electrons. The molecule has 24 heavy (non-hydrogen) atoms. The Kier molecular flexibility index (Phi) is 5.12. The minimum absolute atomic E-state index is 0.762. The molecule has 1 aliphatic rings. The van der Waals surface area contributed by atoms with Crippen LogP contribution in [0.5, 0.6) is 0 Å². The van der Waals surface area contributed by atoms with Gasteiger partial charge in [0, 0.05) is 27.8 Å². The maximum atomic E-state index is 6.00. The predicted molar refractivity (Wildman–Crippen MR) is 106 cm³/mol. The average molecular weight is 404 g/mol. The maximum Gasteiger partial charge on any atom is 0.136 e. The Morgan fingerprint density at radius 3 is 2.33 bits per heavy atom. The summed E-state index contributed by atoms with van der Waals surface area (Å²) in [5.74, 6) is 1.03. The molecule has 0 atom stereocenters. The molecule has 1 heterocycles. The molecule has 0 unspecified atom stereocenters. The van der Waals surface area contributed by atoms with E-state index in [9.17, 15) is 0 Å². The monoisotopic (exact) mass is 402 g/mol. The predicted octanol–water partition coefficient (Wildman–Crippen LogP) is 5.76. The van der Waals surface area contributed by atoms with Crippen LogP contribution in [0.15, 0.2) is 52.1 Å². The van der Waals surface area contributed by atoms with Gasteiger partial charge in [0.1, 0.15) is 5.84 Å². The normalized spacial score (nSPS) is 14.5. The average Bonchev–Trinajstić information content (AvgIpc) is 2.50. The Hall–Kier alpha value is -1.58. The van der Waals surface area contributed by atoms with Crippen LogP contribution < -0.4 is 0 Å². The summed E-state index contributed by atoms with van der Waals surface area (Å²) < 4.78 is 1.09. The number of aryl methyl sites for hydroxylation is 3. The first-order valence-electron chi connectivity index (χ1n) is 7.94. The minimum atomic E-state index is 0.762. The van der Waals surface area contributed by atoms with Crippen LogP contribution in [0.4, 0.5) is 0 Å². The third-order valence-electron chi connectivity index (χ3n) is 4.16. The molecule has 0 aliphatic carbocycles. The first kappa shape index (κ1) is 17.2. The van der Waals surface area contributed by atoms with Gasteiger partial charge in [0.15, 0.2) is 0 Å². The van der Waals surface area contributed by atoms with Gasteiger partial charge in [0.2, 0.25) is 0 Å². The van der Waals surface area contributed by atoms with Crippen molar-refractivity contribution in [2.24, 2.45) is 4.99 Å². The van der Waals surface area contributed by atoms with Crippen molar-refractivity contribution in [3.05, 3.63) is 79.9 Å². The van der Waals surface area contributed by atoms with E-state index in [1.807, 2.05) is 18.3 Å². The summed E-state index contributed by atoms with van der Waals surface area (Å²) in [4.78, 5) is 7.04. The number of amidine groups is 1. The summed E-state index contributed by atoms with van der Waals surface area (Å²) in [5.41, 5.74) is 6.26. The lowest BCUT2D eigenvalue weighted by Crippen LogP contribution is -2.35. The number of rotatable bonds is 3. The van der Waals surface area contributed by atoms with Crippen molar-refractivity contribution in [2.45, 2.75) is 27.3 Å². The van der Waals surface area contributed by atoms with Crippen molar-refractivity contribution in [1.29, 1.82) is 0 Å². The van der Waals surface area contributed by atoms with Gasteiger partial charge in [-0.2, -0.15) is 0 Å². The number of halogens is 2. The lowest BCUT2D eigenvalue weighted by molar-refractivity contribution is 0.449. The van der Waals surface area contributed by atoms with Crippen molar-refractivity contribution in [2.75, 3.05) is 6.54 Å². The van der Waals surface area contributed by atoms with Crippen molar-refractivity contribution in [3.63, 3.8) is 0 Å². The van der Waals surface area contributed by atoms with Crippen LogP contribution >= 0.6 is 27.5 Å². The molecule has 1 aliphatic heterocycles. The van der Waals surface area contributed by atoms with E-state index in [0.717, 1.165) is 28.4 Å². The van der Waals surface area contributed by atoms with Crippen molar-refractivity contribution in [3.8, 4) is 0 Å². The van der Waals surface area contributed by atoms with Gasteiger partial charge in [0.05, 0.1) is 6.54 Å². The highest BCUT2D eigenvalue weighted by atomic mass is 79.9. The van der Waals surface area contributed by atoms with Crippen LogP contribution in [0.1, 0.15) is 27.8 Å². The zero-order valence-electron chi connectivity index (χ0n) is 14.1. The third-order valence-corrected chi connectivity index (χ3v) is 4.86. The number of aliphatic imine (C=N–C) groups is 1. The van der Waals surface area contributed by atoms with Gasteiger partial charge in [-0.3, -0.25) is 0 Å². The molecule has 0 bridgehead atoms. The Morgan fingerprint density at radius 2 is 1.71 bits per heavy atom. The highest BCUT2D eigenvalue weighted by Gasteiger charge is 2.21. The second kappa shape index (κ2) is 7.12. The van der Waals surface area contributed by atoms with E-state index in [1.165, 1.54) is 27.8 Å². The maximum absolute atomic E-state index is 6.00. The summed E-state index contributed by atoms with van der Waals surface area (Å²) in [5, 5.41) is 0.762. The third kappa shape index (κ3) is 3.73. The van der Waals surface area contributed by atoms with Crippen LogP contribution in [0, 0.1) is 20.8 Å². The van der Waals surface area contributed by atoms with Gasteiger partial charge in [-0.15, -0.1) is 0 Å². The van der Waals surface area contributed by atoms with Gasteiger partial charge >= 0.3 is 0 Å². The summed E-state index contributed by atoms with van der Waals surface area (Å²) in [6.45, 7) is 8.06. The molecular weight excluding hydrogens is 384 g/mol. The van der Waals surface area contributed by atoms with Crippen LogP contribution in [0.3, 0.4) is 0 Å². The molecular formula is C20H20BrClN2. The van der Waals surface area contributed by atoms with Gasteiger partial charge in [-0.25, -0.2) is 4.99 Å². The first-order valence-corrected chi connectivity index (χ1v) is 9.11. The smallest absolute Gasteiger partial charge is 0.136 e. The SMILES string of the molecule is Cc1cc(C)c(C2=NC=C(Br)CN2Cc2ccc(Cl)cc2)c(C)c1. The number of nitrogens with zero attached hydrogens (tertiary/aromatic N) is 2. The van der Waals surface area contributed by atoms with E-state index in [2.05, 4.69) is 65.9 Å². The van der Waals surface area contributed by atoms with E-state index < -0.39 is 0 Å². The van der Waals surface area contributed by atoms with Crippen molar-refractivity contribution < 1.29 is 0 Å². The number of benzene rings is 2. The highest BCUT2D eigenvalue weighted by Crippen LogP contribution is 2.25. The Bertz CT molecular complexity index is 799. The van der Waals surface area contributed by atoms with Crippen molar-refractivity contribution in [1.82, 2.24) is 4.90 Å². The molecule has 0 saturated carbocycles. The molecule has 2 nitrogen and oxygen atoms in total. The molecule has 0 amide bonds. The van der Waals surface area contributed by atoms with Gasteiger partial charge in [-0.05, 0) is 49.6 Å². The first-order chi connectivity index (χ1) is 11.4. The molecule has 124 valence electrons. The van der Waals surface area contributed by atoms with E-state index in [4.69, 9.17) is 16.6 Å². The Labute approximate surface area is 157 Å². The zero-order chi connectivity index (χ0) is 17.3. The van der Waals surface area contributed by atoms with Crippen LogP contribution in [-0.2, 0) is 6.54 Å². The topological polar surface area (TPSA) is 15.6 Å². The van der Waals surface area contributed by atoms with Gasteiger partial charge in [0.25, 0.3) is 0 Å². The Morgan fingerprint density at radius 1 is 1.08 bits per heavy atom. The highest BCUT2D eigenvalue weighted by molar-refractivity contribution is 9.11. The van der Waals surface area contributed by atoms with Crippen LogP contribution in [0.2, 0.25) is 5.02 Å². The lowest BCUT2D eigenvalue weighted by Gasteiger charge is -2.30. The van der Waals surface area contributed by atoms with E-state index in [1.54, 1.807) is 0 Å². The standard InChI is InChI=1S/C20H20BrClN2/c1-13-8-14(2)19(15(3)9-13)20-23-10-17(21)12-24(20)11-16-4-6-18(22)7-5-16/h4-10H,11-12H2,1-3H3. The molecule has 2 aromatic rings. The van der Waals surface area contributed by atoms with Crippen LogP contribution in [0.25, 0.3) is 0 Å². The minimum Gasteiger partial charge on any atom is -0.347 e.